The topological polar surface area (TPSA) is 120 Å². The molecular weight excluding hydrogens is 409 g/mol. The number of methoxy groups -OCH3 is 2. The number of carbonyl (C=O) groups is 2. The lowest BCUT2D eigenvalue weighted by Crippen LogP contribution is -2.40. The van der Waals surface area contributed by atoms with Crippen LogP contribution in [-0.4, -0.2) is 77.4 Å². The van der Waals surface area contributed by atoms with E-state index < -0.39 is 12.1 Å². The fourth-order valence-corrected chi connectivity index (χ4v) is 3.50. The SMILES string of the molecule is COCC1(CC(=O)N2C[C@H](OC)C[C@H]2Cn2ccc(N)n2)CC1.O=C(O)C(F)(F)F. The third-order valence-corrected chi connectivity index (χ3v) is 5.27. The van der Waals surface area contributed by atoms with Gasteiger partial charge in [-0.15, -0.1) is 0 Å². The molecule has 170 valence electrons. The van der Waals surface area contributed by atoms with Crippen molar-refractivity contribution in [1.82, 2.24) is 14.7 Å². The molecule has 9 nitrogen and oxygen atoms in total. The molecule has 12 heteroatoms. The number of nitrogen functional groups attached to an aromatic ring is 1. The average molecular weight is 436 g/mol. The highest BCUT2D eigenvalue weighted by Crippen LogP contribution is 2.49. The van der Waals surface area contributed by atoms with Crippen LogP contribution in [0.3, 0.4) is 0 Å². The zero-order valence-electron chi connectivity index (χ0n) is 16.9. The van der Waals surface area contributed by atoms with Gasteiger partial charge in [0.2, 0.25) is 5.91 Å². The van der Waals surface area contributed by atoms with Gasteiger partial charge in [-0.3, -0.25) is 9.48 Å². The fourth-order valence-electron chi connectivity index (χ4n) is 3.50. The van der Waals surface area contributed by atoms with E-state index in [4.69, 9.17) is 25.1 Å². The molecule has 0 aromatic carbocycles. The van der Waals surface area contributed by atoms with Gasteiger partial charge in [-0.2, -0.15) is 18.3 Å². The second kappa shape index (κ2) is 9.65. The number of hydrogen-bond donors (Lipinski definition) is 2. The Morgan fingerprint density at radius 1 is 1.37 bits per heavy atom. The maximum Gasteiger partial charge on any atom is 0.490 e. The zero-order valence-corrected chi connectivity index (χ0v) is 16.9. The van der Waals surface area contributed by atoms with Crippen LogP contribution in [0.4, 0.5) is 19.0 Å². The molecule has 2 atom stereocenters. The van der Waals surface area contributed by atoms with Crippen LogP contribution in [0.1, 0.15) is 25.7 Å². The summed E-state index contributed by atoms with van der Waals surface area (Å²) in [6.45, 7) is 1.97. The van der Waals surface area contributed by atoms with Gasteiger partial charge in [0.05, 0.1) is 25.3 Å². The van der Waals surface area contributed by atoms with Crippen molar-refractivity contribution in [3.8, 4) is 0 Å². The number of ether oxygens (including phenoxy) is 2. The van der Waals surface area contributed by atoms with E-state index in [0.717, 1.165) is 19.3 Å². The smallest absolute Gasteiger partial charge is 0.475 e. The summed E-state index contributed by atoms with van der Waals surface area (Å²) < 4.78 is 44.3. The first-order chi connectivity index (χ1) is 14.0. The number of alkyl halides is 3. The summed E-state index contributed by atoms with van der Waals surface area (Å²) in [5.41, 5.74) is 5.74. The highest BCUT2D eigenvalue weighted by Gasteiger charge is 2.47. The van der Waals surface area contributed by atoms with E-state index in [-0.39, 0.29) is 23.5 Å². The molecule has 1 saturated heterocycles. The standard InChI is InChI=1S/C16H26N4O3.C2HF3O2/c1-22-11-16(4-5-16)8-15(21)20-10-13(23-2)7-12(20)9-19-6-3-14(17)18-19;3-2(4,5)1(6)7/h3,6,12-13H,4-5,7-11H2,1-2H3,(H2,17,18);(H,6,7)/t12-,13+;/m0./s1. The molecule has 1 aliphatic carbocycles. The largest absolute Gasteiger partial charge is 0.490 e. The van der Waals surface area contributed by atoms with Crippen LogP contribution < -0.4 is 5.73 Å². The molecule has 1 aliphatic heterocycles. The number of rotatable bonds is 7. The second-order valence-electron chi connectivity index (χ2n) is 7.67. The van der Waals surface area contributed by atoms with E-state index in [1.54, 1.807) is 25.0 Å². The van der Waals surface area contributed by atoms with Gasteiger partial charge in [-0.1, -0.05) is 0 Å². The Balaban J connectivity index is 0.000000396. The summed E-state index contributed by atoms with van der Waals surface area (Å²) in [5, 5.41) is 11.4. The Morgan fingerprint density at radius 3 is 2.43 bits per heavy atom. The molecule has 0 radical (unpaired) electrons. The predicted octanol–water partition coefficient (Wildman–Crippen LogP) is 1.53. The Bertz CT molecular complexity index is 736. The lowest BCUT2D eigenvalue weighted by Gasteiger charge is -2.26. The predicted molar refractivity (Wildman–Crippen MR) is 99.4 cm³/mol. The number of carboxylic acid groups (broad SMARTS) is 1. The molecule has 3 rings (SSSR count). The van der Waals surface area contributed by atoms with Gasteiger partial charge in [0.15, 0.2) is 0 Å². The third-order valence-electron chi connectivity index (χ3n) is 5.27. The number of aromatic nitrogens is 2. The summed E-state index contributed by atoms with van der Waals surface area (Å²) >= 11 is 0. The van der Waals surface area contributed by atoms with Crippen molar-refractivity contribution in [2.45, 2.75) is 50.6 Å². The molecule has 3 N–H and O–H groups in total. The molecule has 1 amide bonds. The van der Waals surface area contributed by atoms with Gasteiger partial charge in [-0.05, 0) is 25.3 Å². The van der Waals surface area contributed by atoms with Crippen molar-refractivity contribution in [2.75, 3.05) is 33.1 Å². The van der Waals surface area contributed by atoms with Crippen LogP contribution in [0.2, 0.25) is 0 Å². The van der Waals surface area contributed by atoms with Crippen molar-refractivity contribution in [3.63, 3.8) is 0 Å². The molecule has 1 saturated carbocycles. The quantitative estimate of drug-likeness (QED) is 0.665. The minimum Gasteiger partial charge on any atom is -0.475 e. The maximum absolute atomic E-state index is 12.8. The highest BCUT2D eigenvalue weighted by atomic mass is 19.4. The Labute approximate surface area is 171 Å². The van der Waals surface area contributed by atoms with E-state index in [9.17, 15) is 18.0 Å². The first-order valence-electron chi connectivity index (χ1n) is 9.40. The summed E-state index contributed by atoms with van der Waals surface area (Å²) in [5.74, 6) is -2.06. The van der Waals surface area contributed by atoms with Crippen LogP contribution in [0.5, 0.6) is 0 Å². The van der Waals surface area contributed by atoms with Crippen molar-refractivity contribution in [3.05, 3.63) is 12.3 Å². The van der Waals surface area contributed by atoms with Gasteiger partial charge in [0.1, 0.15) is 5.82 Å². The number of nitrogens with two attached hydrogens (primary N) is 1. The lowest BCUT2D eigenvalue weighted by molar-refractivity contribution is -0.192. The molecule has 1 aromatic rings. The van der Waals surface area contributed by atoms with E-state index in [1.165, 1.54) is 0 Å². The second-order valence-corrected chi connectivity index (χ2v) is 7.67. The molecule has 2 aliphatic rings. The number of halogens is 3. The number of amides is 1. The molecule has 30 heavy (non-hydrogen) atoms. The number of nitrogens with zero attached hydrogens (tertiary/aromatic N) is 3. The highest BCUT2D eigenvalue weighted by molar-refractivity contribution is 5.78. The van der Waals surface area contributed by atoms with Gasteiger partial charge in [0.25, 0.3) is 0 Å². The van der Waals surface area contributed by atoms with Crippen molar-refractivity contribution >= 4 is 17.7 Å². The Kier molecular flexibility index (Phi) is 7.70. The number of likely N-dealkylation sites (tertiary alicyclic amines) is 1. The van der Waals surface area contributed by atoms with Gasteiger partial charge in [0, 0.05) is 38.8 Å². The Morgan fingerprint density at radius 2 is 2.00 bits per heavy atom. The molecule has 0 unspecified atom stereocenters. The van der Waals surface area contributed by atoms with E-state index in [1.807, 2.05) is 11.1 Å². The van der Waals surface area contributed by atoms with E-state index in [0.29, 0.717) is 31.9 Å². The van der Waals surface area contributed by atoms with Crippen LogP contribution >= 0.6 is 0 Å². The van der Waals surface area contributed by atoms with Crippen LogP contribution in [0.25, 0.3) is 0 Å². The number of aliphatic carboxylic acids is 1. The minimum absolute atomic E-state index is 0.0671. The van der Waals surface area contributed by atoms with Crippen molar-refractivity contribution < 1.29 is 37.3 Å². The average Bonchev–Trinajstić information content (AvgIpc) is 3.09. The number of hydrogen-bond acceptors (Lipinski definition) is 6. The summed E-state index contributed by atoms with van der Waals surface area (Å²) in [6, 6.07) is 1.87. The minimum atomic E-state index is -5.08. The number of carbonyl (C=O) groups excluding carboxylic acids is 1. The monoisotopic (exact) mass is 436 g/mol. The Hall–Kier alpha value is -2.34. The molecule has 0 bridgehead atoms. The molecule has 0 spiro atoms. The van der Waals surface area contributed by atoms with Gasteiger partial charge in [-0.25, -0.2) is 4.79 Å². The summed E-state index contributed by atoms with van der Waals surface area (Å²) in [4.78, 5) is 23.7. The maximum atomic E-state index is 12.8. The summed E-state index contributed by atoms with van der Waals surface area (Å²) in [7, 11) is 3.40. The fraction of sp³-hybridized carbons (Fsp3) is 0.722. The van der Waals surface area contributed by atoms with Gasteiger partial charge >= 0.3 is 12.1 Å². The van der Waals surface area contributed by atoms with Crippen LogP contribution in [-0.2, 0) is 25.6 Å². The van der Waals surface area contributed by atoms with Crippen LogP contribution in [0, 0.1) is 5.41 Å². The number of carboxylic acids is 1. The zero-order chi connectivity index (χ0) is 22.5. The molecule has 1 aromatic heterocycles. The summed E-state index contributed by atoms with van der Waals surface area (Å²) in [6.07, 6.45) is 0.414. The van der Waals surface area contributed by atoms with E-state index in [2.05, 4.69) is 5.10 Å². The van der Waals surface area contributed by atoms with E-state index >= 15 is 0 Å². The normalized spacial score (nSPS) is 22.4. The van der Waals surface area contributed by atoms with Crippen molar-refractivity contribution in [1.29, 1.82) is 0 Å². The third kappa shape index (κ3) is 6.59. The molecule has 2 heterocycles. The molecular formula is C18H27F3N4O5. The number of anilines is 1. The van der Waals surface area contributed by atoms with Gasteiger partial charge < -0.3 is 25.2 Å². The first kappa shape index (κ1) is 23.9. The first-order valence-corrected chi connectivity index (χ1v) is 9.40. The molecule has 2 fully saturated rings. The van der Waals surface area contributed by atoms with Crippen LogP contribution in [0.15, 0.2) is 12.3 Å². The lowest BCUT2D eigenvalue weighted by atomic mass is 10.0. The van der Waals surface area contributed by atoms with Crippen molar-refractivity contribution in [2.24, 2.45) is 5.41 Å².